The molecule has 0 radical (unpaired) electrons. The van der Waals surface area contributed by atoms with Gasteiger partial charge in [0.1, 0.15) is 6.07 Å². The number of furan rings is 1. The number of nitriles is 1. The highest BCUT2D eigenvalue weighted by Gasteiger charge is 1.92. The molecule has 1 aromatic rings. The lowest BCUT2D eigenvalue weighted by Crippen LogP contribution is -1.56. The fourth-order valence-corrected chi connectivity index (χ4v) is 0.561. The molecule has 0 fully saturated rings. The van der Waals surface area contributed by atoms with E-state index < -0.39 is 0 Å². The Morgan fingerprint density at radius 1 is 1.62 bits per heavy atom. The van der Waals surface area contributed by atoms with Crippen LogP contribution in [0.2, 0.25) is 0 Å². The Hall–Kier alpha value is -0.880. The summed E-state index contributed by atoms with van der Waals surface area (Å²) in [5, 5.41) is 8.65. The van der Waals surface area contributed by atoms with E-state index in [9.17, 15) is 0 Å². The molecule has 0 unspecified atom stereocenters. The van der Waals surface area contributed by atoms with Crippen molar-refractivity contribution in [2.75, 3.05) is 0 Å². The van der Waals surface area contributed by atoms with Gasteiger partial charge in [-0.15, -0.1) is 12.6 Å². The number of nitrogens with zero attached hydrogens (tertiary/aromatic N) is 1. The van der Waals surface area contributed by atoms with Crippen molar-refractivity contribution >= 4 is 12.6 Å². The molecule has 0 aliphatic rings. The number of hydrogen-bond acceptors (Lipinski definition) is 3. The summed E-state index contributed by atoms with van der Waals surface area (Å²) >= 11 is 3.84. The first kappa shape index (κ1) is 5.26. The number of thiol groups is 1. The summed E-state index contributed by atoms with van der Waals surface area (Å²) in [5.74, 6) is 0.301. The lowest BCUT2D eigenvalue weighted by Gasteiger charge is -1.73. The van der Waals surface area contributed by atoms with Crippen LogP contribution in [0.5, 0.6) is 0 Å². The van der Waals surface area contributed by atoms with Gasteiger partial charge >= 0.3 is 0 Å². The van der Waals surface area contributed by atoms with Gasteiger partial charge in [-0.1, -0.05) is 0 Å². The zero-order valence-electron chi connectivity index (χ0n) is 3.96. The van der Waals surface area contributed by atoms with Crippen molar-refractivity contribution in [3.05, 3.63) is 17.9 Å². The van der Waals surface area contributed by atoms with Crippen LogP contribution >= 0.6 is 12.6 Å². The van der Waals surface area contributed by atoms with E-state index in [1.54, 1.807) is 12.1 Å². The fourth-order valence-electron chi connectivity index (χ4n) is 0.388. The summed E-state index contributed by atoms with van der Waals surface area (Å²) in [6.07, 6.45) is 0. The van der Waals surface area contributed by atoms with E-state index in [0.29, 0.717) is 10.9 Å². The first-order valence-corrected chi connectivity index (χ1v) is 2.46. The summed E-state index contributed by atoms with van der Waals surface area (Å²) < 4.78 is 4.74. The van der Waals surface area contributed by atoms with Crippen molar-refractivity contribution in [1.82, 2.24) is 0 Å². The molecular formula is C5H3NOS. The monoisotopic (exact) mass is 125 g/mol. The lowest BCUT2D eigenvalue weighted by atomic mass is 10.5. The van der Waals surface area contributed by atoms with Crippen LogP contribution in [0.25, 0.3) is 0 Å². The fraction of sp³-hybridized carbons (Fsp3) is 0. The van der Waals surface area contributed by atoms with E-state index in [0.717, 1.165) is 0 Å². The van der Waals surface area contributed by atoms with Crippen LogP contribution in [0, 0.1) is 11.3 Å². The molecule has 1 aromatic heterocycles. The van der Waals surface area contributed by atoms with Gasteiger partial charge < -0.3 is 4.42 Å². The molecule has 0 aliphatic heterocycles. The molecule has 0 N–H and O–H groups in total. The molecule has 2 nitrogen and oxygen atoms in total. The SMILES string of the molecule is N#Cc1ccc(S)o1. The van der Waals surface area contributed by atoms with Crippen LogP contribution in [-0.2, 0) is 0 Å². The molecule has 0 amide bonds. The molecule has 0 saturated carbocycles. The smallest absolute Gasteiger partial charge is 0.204 e. The van der Waals surface area contributed by atoms with Gasteiger partial charge in [-0.2, -0.15) is 5.26 Å². The first-order valence-electron chi connectivity index (χ1n) is 2.02. The predicted octanol–water partition coefficient (Wildman–Crippen LogP) is 1.44. The highest BCUT2D eigenvalue weighted by Crippen LogP contribution is 2.08. The third-order valence-corrected chi connectivity index (χ3v) is 0.942. The number of rotatable bonds is 0. The van der Waals surface area contributed by atoms with E-state index in [1.165, 1.54) is 0 Å². The minimum Gasteiger partial charge on any atom is -0.440 e. The van der Waals surface area contributed by atoms with Crippen LogP contribution in [0.1, 0.15) is 5.76 Å². The Bertz CT molecular complexity index is 223. The molecule has 1 heterocycles. The zero-order valence-corrected chi connectivity index (χ0v) is 4.85. The van der Waals surface area contributed by atoms with E-state index in [2.05, 4.69) is 12.6 Å². The minimum atomic E-state index is 0.301. The average Bonchev–Trinajstić information content (AvgIpc) is 2.14. The van der Waals surface area contributed by atoms with Gasteiger partial charge in [0.25, 0.3) is 0 Å². The lowest BCUT2D eigenvalue weighted by molar-refractivity contribution is 0.465. The van der Waals surface area contributed by atoms with Crippen LogP contribution in [0.4, 0.5) is 0 Å². The number of hydrogen-bond donors (Lipinski definition) is 1. The maximum absolute atomic E-state index is 8.17. The molecular weight excluding hydrogens is 122 g/mol. The first-order chi connectivity index (χ1) is 3.83. The van der Waals surface area contributed by atoms with Gasteiger partial charge in [-0.25, -0.2) is 0 Å². The second kappa shape index (κ2) is 1.93. The molecule has 0 aliphatic carbocycles. The van der Waals surface area contributed by atoms with Gasteiger partial charge in [0.05, 0.1) is 0 Å². The van der Waals surface area contributed by atoms with Crippen molar-refractivity contribution in [2.45, 2.75) is 5.09 Å². The molecule has 0 bridgehead atoms. The topological polar surface area (TPSA) is 36.9 Å². The highest BCUT2D eigenvalue weighted by molar-refractivity contribution is 7.80. The maximum Gasteiger partial charge on any atom is 0.204 e. The zero-order chi connectivity index (χ0) is 5.98. The van der Waals surface area contributed by atoms with Crippen LogP contribution < -0.4 is 0 Å². The quantitative estimate of drug-likeness (QED) is 0.532. The molecule has 0 aromatic carbocycles. The van der Waals surface area contributed by atoms with Gasteiger partial charge in [0.2, 0.25) is 5.76 Å². The second-order valence-corrected chi connectivity index (χ2v) is 1.69. The summed E-state index contributed by atoms with van der Waals surface area (Å²) in [6.45, 7) is 0. The Morgan fingerprint density at radius 2 is 2.38 bits per heavy atom. The average molecular weight is 125 g/mol. The third kappa shape index (κ3) is 0.849. The Labute approximate surface area is 52.1 Å². The van der Waals surface area contributed by atoms with E-state index >= 15 is 0 Å². The summed E-state index contributed by atoms with van der Waals surface area (Å²) in [6, 6.07) is 5.03. The van der Waals surface area contributed by atoms with Crippen molar-refractivity contribution in [2.24, 2.45) is 0 Å². The molecule has 0 saturated heterocycles. The third-order valence-electron chi connectivity index (χ3n) is 0.702. The van der Waals surface area contributed by atoms with Crippen LogP contribution in [0.3, 0.4) is 0 Å². The molecule has 3 heteroatoms. The Morgan fingerprint density at radius 3 is 2.62 bits per heavy atom. The van der Waals surface area contributed by atoms with Crippen molar-refractivity contribution in [3.8, 4) is 6.07 Å². The van der Waals surface area contributed by atoms with Gasteiger partial charge in [0.15, 0.2) is 5.09 Å². The Kier molecular flexibility index (Phi) is 1.27. The Balaban J connectivity index is 3.05. The molecule has 1 rings (SSSR count). The molecule has 40 valence electrons. The predicted molar refractivity (Wildman–Crippen MR) is 30.7 cm³/mol. The van der Waals surface area contributed by atoms with Crippen molar-refractivity contribution in [1.29, 1.82) is 5.26 Å². The van der Waals surface area contributed by atoms with E-state index in [-0.39, 0.29) is 0 Å². The molecule has 0 spiro atoms. The maximum atomic E-state index is 8.17. The normalized spacial score (nSPS) is 8.50. The van der Waals surface area contributed by atoms with Gasteiger partial charge in [-0.3, -0.25) is 0 Å². The second-order valence-electron chi connectivity index (χ2n) is 1.25. The van der Waals surface area contributed by atoms with Gasteiger partial charge in [0, 0.05) is 0 Å². The minimum absolute atomic E-state index is 0.301. The van der Waals surface area contributed by atoms with Crippen molar-refractivity contribution in [3.63, 3.8) is 0 Å². The van der Waals surface area contributed by atoms with Crippen LogP contribution in [0.15, 0.2) is 21.6 Å². The van der Waals surface area contributed by atoms with Crippen molar-refractivity contribution < 1.29 is 4.42 Å². The van der Waals surface area contributed by atoms with Gasteiger partial charge in [-0.05, 0) is 12.1 Å². The summed E-state index contributed by atoms with van der Waals surface area (Å²) in [4.78, 5) is 0. The van der Waals surface area contributed by atoms with E-state index in [4.69, 9.17) is 9.68 Å². The summed E-state index contributed by atoms with van der Waals surface area (Å²) in [5.41, 5.74) is 0. The van der Waals surface area contributed by atoms with E-state index in [1.807, 2.05) is 6.07 Å². The molecule has 0 atom stereocenters. The molecule has 8 heavy (non-hydrogen) atoms. The largest absolute Gasteiger partial charge is 0.440 e. The highest BCUT2D eigenvalue weighted by atomic mass is 32.1. The summed E-state index contributed by atoms with van der Waals surface area (Å²) in [7, 11) is 0. The standard InChI is InChI=1S/C5H3NOS/c6-3-4-1-2-5(8)7-4/h1-2,8H. The van der Waals surface area contributed by atoms with Crippen LogP contribution in [-0.4, -0.2) is 0 Å².